The maximum Gasteiger partial charge on any atom is 0.222 e. The second-order valence-corrected chi connectivity index (χ2v) is 6.19. The Labute approximate surface area is 131 Å². The number of piperidine rings is 1. The Balaban J connectivity index is 1.53. The van der Waals surface area contributed by atoms with Gasteiger partial charge in [-0.1, -0.05) is 6.07 Å². The van der Waals surface area contributed by atoms with E-state index in [1.54, 1.807) is 6.20 Å². The Kier molecular flexibility index (Phi) is 4.71. The lowest BCUT2D eigenvalue weighted by Crippen LogP contribution is -2.50. The van der Waals surface area contributed by atoms with E-state index in [4.69, 9.17) is 0 Å². The minimum absolute atomic E-state index is 0.195. The molecule has 0 aromatic carbocycles. The van der Waals surface area contributed by atoms with Crippen LogP contribution in [0.4, 0.5) is 0 Å². The van der Waals surface area contributed by atoms with Gasteiger partial charge in [-0.25, -0.2) is 0 Å². The summed E-state index contributed by atoms with van der Waals surface area (Å²) < 4.78 is 0. The van der Waals surface area contributed by atoms with Crippen LogP contribution in [0.1, 0.15) is 37.7 Å². The van der Waals surface area contributed by atoms with E-state index in [9.17, 15) is 9.59 Å². The first-order valence-corrected chi connectivity index (χ1v) is 8.20. The number of nitrogens with zero attached hydrogens (tertiary/aromatic N) is 3. The molecule has 2 amide bonds. The van der Waals surface area contributed by atoms with Gasteiger partial charge in [0.1, 0.15) is 0 Å². The highest BCUT2D eigenvalue weighted by atomic mass is 16.2. The summed E-state index contributed by atoms with van der Waals surface area (Å²) in [6, 6.07) is 4.13. The molecule has 2 aliphatic heterocycles. The van der Waals surface area contributed by atoms with Crippen LogP contribution >= 0.6 is 0 Å². The van der Waals surface area contributed by atoms with E-state index in [0.717, 1.165) is 44.3 Å². The molecule has 3 heterocycles. The fraction of sp³-hybridized carbons (Fsp3) is 0.588. The number of pyridine rings is 1. The molecular weight excluding hydrogens is 278 g/mol. The predicted molar refractivity (Wildman–Crippen MR) is 83.1 cm³/mol. The zero-order valence-corrected chi connectivity index (χ0v) is 12.9. The van der Waals surface area contributed by atoms with E-state index >= 15 is 0 Å². The summed E-state index contributed by atoms with van der Waals surface area (Å²) >= 11 is 0. The second-order valence-electron chi connectivity index (χ2n) is 6.19. The molecule has 0 N–H and O–H groups in total. The second kappa shape index (κ2) is 6.90. The number of aryl methyl sites for hydroxylation is 1. The number of hydrogen-bond acceptors (Lipinski definition) is 3. The van der Waals surface area contributed by atoms with Gasteiger partial charge in [-0.05, 0) is 37.3 Å². The molecule has 22 heavy (non-hydrogen) atoms. The zero-order valence-electron chi connectivity index (χ0n) is 12.9. The minimum Gasteiger partial charge on any atom is -0.341 e. The number of likely N-dealkylation sites (tertiary alicyclic amines) is 2. The van der Waals surface area contributed by atoms with Crippen LogP contribution in [0.15, 0.2) is 24.5 Å². The van der Waals surface area contributed by atoms with Crippen LogP contribution in [-0.2, 0) is 16.0 Å². The maximum atomic E-state index is 12.4. The van der Waals surface area contributed by atoms with Gasteiger partial charge in [-0.15, -0.1) is 0 Å². The van der Waals surface area contributed by atoms with Gasteiger partial charge in [0.05, 0.1) is 0 Å². The molecule has 5 heteroatoms. The van der Waals surface area contributed by atoms with Crippen LogP contribution < -0.4 is 0 Å². The quantitative estimate of drug-likeness (QED) is 0.849. The monoisotopic (exact) mass is 301 g/mol. The number of aromatic nitrogens is 1. The van der Waals surface area contributed by atoms with Crippen molar-refractivity contribution in [2.45, 2.75) is 44.6 Å². The van der Waals surface area contributed by atoms with Crippen molar-refractivity contribution in [2.75, 3.05) is 19.6 Å². The van der Waals surface area contributed by atoms with Crippen LogP contribution in [0.25, 0.3) is 0 Å². The average Bonchev–Trinajstić information content (AvgIpc) is 3.00. The van der Waals surface area contributed by atoms with E-state index in [2.05, 4.69) is 4.98 Å². The van der Waals surface area contributed by atoms with Gasteiger partial charge in [0.2, 0.25) is 11.8 Å². The highest BCUT2D eigenvalue weighted by Crippen LogP contribution is 2.22. The summed E-state index contributed by atoms with van der Waals surface area (Å²) in [7, 11) is 0. The number of rotatable bonds is 4. The standard InChI is InChI=1S/C17H23N3O2/c21-16(8-7-14-4-1-9-18-12-14)19-10-2-5-15(13-19)20-11-3-6-17(20)22/h1,4,9,12,15H,2-3,5-8,10-11,13H2. The van der Waals surface area contributed by atoms with Crippen molar-refractivity contribution in [3.8, 4) is 0 Å². The predicted octanol–water partition coefficient (Wildman–Crippen LogP) is 1.63. The van der Waals surface area contributed by atoms with Crippen molar-refractivity contribution in [1.29, 1.82) is 0 Å². The molecule has 0 spiro atoms. The van der Waals surface area contributed by atoms with Gasteiger partial charge < -0.3 is 9.80 Å². The van der Waals surface area contributed by atoms with Gasteiger partial charge in [0, 0.05) is 50.9 Å². The summed E-state index contributed by atoms with van der Waals surface area (Å²) in [5, 5.41) is 0. The number of carbonyl (C=O) groups is 2. The normalized spacial score (nSPS) is 22.2. The average molecular weight is 301 g/mol. The summed E-state index contributed by atoms with van der Waals surface area (Å²) in [6.07, 6.45) is 8.46. The third-order valence-corrected chi connectivity index (χ3v) is 4.65. The first-order chi connectivity index (χ1) is 10.7. The van der Waals surface area contributed by atoms with Gasteiger partial charge in [0.15, 0.2) is 0 Å². The molecule has 3 rings (SSSR count). The van der Waals surface area contributed by atoms with Gasteiger partial charge >= 0.3 is 0 Å². The van der Waals surface area contributed by atoms with Crippen molar-refractivity contribution >= 4 is 11.8 Å². The minimum atomic E-state index is 0.195. The molecule has 0 aliphatic carbocycles. The van der Waals surface area contributed by atoms with E-state index in [1.165, 1.54) is 0 Å². The van der Waals surface area contributed by atoms with E-state index < -0.39 is 0 Å². The van der Waals surface area contributed by atoms with Crippen LogP contribution in [-0.4, -0.2) is 52.3 Å². The topological polar surface area (TPSA) is 53.5 Å². The summed E-state index contributed by atoms with van der Waals surface area (Å²) in [6.45, 7) is 2.39. The number of carbonyl (C=O) groups excluding carboxylic acids is 2. The molecule has 0 bridgehead atoms. The third-order valence-electron chi connectivity index (χ3n) is 4.65. The Hall–Kier alpha value is -1.91. The first kappa shape index (κ1) is 15.0. The van der Waals surface area contributed by atoms with Crippen molar-refractivity contribution in [2.24, 2.45) is 0 Å². The van der Waals surface area contributed by atoms with Crippen molar-refractivity contribution in [1.82, 2.24) is 14.8 Å². The van der Waals surface area contributed by atoms with Crippen molar-refractivity contribution in [3.63, 3.8) is 0 Å². The highest BCUT2D eigenvalue weighted by molar-refractivity contribution is 5.79. The highest BCUT2D eigenvalue weighted by Gasteiger charge is 2.32. The molecule has 0 saturated carbocycles. The molecule has 5 nitrogen and oxygen atoms in total. The Morgan fingerprint density at radius 1 is 1.32 bits per heavy atom. The van der Waals surface area contributed by atoms with Crippen LogP contribution in [0, 0.1) is 0 Å². The molecule has 2 saturated heterocycles. The summed E-state index contributed by atoms with van der Waals surface area (Å²) in [4.78, 5) is 32.3. The fourth-order valence-corrected chi connectivity index (χ4v) is 3.45. The summed E-state index contributed by atoms with van der Waals surface area (Å²) in [5.74, 6) is 0.454. The lowest BCUT2D eigenvalue weighted by molar-refractivity contribution is -0.137. The maximum absolute atomic E-state index is 12.4. The third kappa shape index (κ3) is 3.46. The molecule has 1 atom stereocenters. The van der Waals surface area contributed by atoms with Crippen molar-refractivity contribution < 1.29 is 9.59 Å². The number of amides is 2. The molecule has 118 valence electrons. The van der Waals surface area contributed by atoms with Crippen LogP contribution in [0.3, 0.4) is 0 Å². The molecule has 1 aromatic rings. The molecule has 2 aliphatic rings. The van der Waals surface area contributed by atoms with E-state index in [1.807, 2.05) is 28.1 Å². The molecule has 0 radical (unpaired) electrons. The first-order valence-electron chi connectivity index (χ1n) is 8.20. The van der Waals surface area contributed by atoms with Gasteiger partial charge in [-0.2, -0.15) is 0 Å². The Bertz CT molecular complexity index is 532. The fourth-order valence-electron chi connectivity index (χ4n) is 3.45. The Morgan fingerprint density at radius 3 is 2.95 bits per heavy atom. The summed E-state index contributed by atoms with van der Waals surface area (Å²) in [5.41, 5.74) is 1.10. The molecule has 1 aromatic heterocycles. The smallest absolute Gasteiger partial charge is 0.222 e. The van der Waals surface area contributed by atoms with E-state index in [-0.39, 0.29) is 17.9 Å². The van der Waals surface area contributed by atoms with Crippen LogP contribution in [0.5, 0.6) is 0 Å². The van der Waals surface area contributed by atoms with E-state index in [0.29, 0.717) is 19.4 Å². The number of hydrogen-bond donors (Lipinski definition) is 0. The molecule has 2 fully saturated rings. The lowest BCUT2D eigenvalue weighted by atomic mass is 10.0. The largest absolute Gasteiger partial charge is 0.341 e. The Morgan fingerprint density at radius 2 is 2.23 bits per heavy atom. The van der Waals surface area contributed by atoms with Crippen molar-refractivity contribution in [3.05, 3.63) is 30.1 Å². The van der Waals surface area contributed by atoms with Crippen LogP contribution in [0.2, 0.25) is 0 Å². The zero-order chi connectivity index (χ0) is 15.4. The SMILES string of the molecule is O=C(CCc1cccnc1)N1CCCC(N2CCCC2=O)C1. The van der Waals surface area contributed by atoms with Gasteiger partial charge in [-0.3, -0.25) is 14.6 Å². The lowest BCUT2D eigenvalue weighted by Gasteiger charge is -2.37. The van der Waals surface area contributed by atoms with Gasteiger partial charge in [0.25, 0.3) is 0 Å². The molecular formula is C17H23N3O2. The molecule has 1 unspecified atom stereocenters.